The average Bonchev–Trinajstić information content (AvgIpc) is 2.57. The second-order valence-electron chi connectivity index (χ2n) is 5.94. The molecule has 0 aromatic heterocycles. The Bertz CT molecular complexity index is 528. The molecule has 0 aliphatic rings. The largest absolute Gasteiger partial charge is 0.357 e. The lowest BCUT2D eigenvalue weighted by Crippen LogP contribution is -2.39. The van der Waals surface area contributed by atoms with Crippen LogP contribution in [0.2, 0.25) is 0 Å². The number of rotatable bonds is 9. The van der Waals surface area contributed by atoms with Crippen molar-refractivity contribution < 1.29 is 4.79 Å². The number of benzene rings is 1. The van der Waals surface area contributed by atoms with Crippen molar-refractivity contribution >= 4 is 17.6 Å². The Morgan fingerprint density at radius 1 is 1.21 bits per heavy atom. The molecule has 5 nitrogen and oxygen atoms in total. The van der Waals surface area contributed by atoms with Gasteiger partial charge in [0.25, 0.3) is 0 Å². The third kappa shape index (κ3) is 7.49. The zero-order valence-electron chi connectivity index (χ0n) is 15.6. The van der Waals surface area contributed by atoms with Gasteiger partial charge in [-0.3, -0.25) is 4.79 Å². The molecule has 1 aromatic rings. The highest BCUT2D eigenvalue weighted by atomic mass is 16.1. The molecule has 0 aliphatic heterocycles. The van der Waals surface area contributed by atoms with E-state index in [0.717, 1.165) is 43.1 Å². The molecule has 0 bridgehead atoms. The van der Waals surface area contributed by atoms with Gasteiger partial charge in [0.15, 0.2) is 5.96 Å². The van der Waals surface area contributed by atoms with E-state index in [9.17, 15) is 4.79 Å². The van der Waals surface area contributed by atoms with Crippen molar-refractivity contribution in [2.24, 2.45) is 4.99 Å². The molecule has 0 saturated heterocycles. The van der Waals surface area contributed by atoms with E-state index in [0.29, 0.717) is 13.0 Å². The molecule has 5 heteroatoms. The van der Waals surface area contributed by atoms with Gasteiger partial charge in [-0.25, -0.2) is 4.99 Å². The molecular formula is C19H32N4O. The lowest BCUT2D eigenvalue weighted by Gasteiger charge is -2.21. The van der Waals surface area contributed by atoms with Crippen LogP contribution in [0.4, 0.5) is 5.69 Å². The second kappa shape index (κ2) is 11.5. The van der Waals surface area contributed by atoms with Gasteiger partial charge in [0.05, 0.1) is 6.54 Å². The standard InChI is InChI=1S/C19H32N4O/c1-5-8-13-23(4)19(20-7-3)21-15-16-11-9-12-17(14-16)22-18(24)10-6-2/h9,11-12,14H,5-8,10,13,15H2,1-4H3,(H,20,21)(H,22,24). The molecule has 0 aliphatic carbocycles. The average molecular weight is 332 g/mol. The van der Waals surface area contributed by atoms with Crippen molar-refractivity contribution in [3.05, 3.63) is 29.8 Å². The van der Waals surface area contributed by atoms with Gasteiger partial charge in [0, 0.05) is 32.2 Å². The maximum Gasteiger partial charge on any atom is 0.224 e. The Morgan fingerprint density at radius 2 is 2.00 bits per heavy atom. The molecule has 0 heterocycles. The highest BCUT2D eigenvalue weighted by Gasteiger charge is 2.05. The Labute approximate surface area is 146 Å². The summed E-state index contributed by atoms with van der Waals surface area (Å²) in [4.78, 5) is 18.6. The summed E-state index contributed by atoms with van der Waals surface area (Å²) in [5, 5.41) is 6.26. The van der Waals surface area contributed by atoms with E-state index in [1.165, 1.54) is 6.42 Å². The van der Waals surface area contributed by atoms with Crippen LogP contribution in [0.5, 0.6) is 0 Å². The maximum atomic E-state index is 11.7. The number of amides is 1. The fraction of sp³-hybridized carbons (Fsp3) is 0.579. The Morgan fingerprint density at radius 3 is 2.67 bits per heavy atom. The van der Waals surface area contributed by atoms with Crippen molar-refractivity contribution in [2.45, 2.75) is 53.0 Å². The van der Waals surface area contributed by atoms with Crippen molar-refractivity contribution in [3.8, 4) is 0 Å². The number of carbonyl (C=O) groups is 1. The minimum Gasteiger partial charge on any atom is -0.357 e. The summed E-state index contributed by atoms with van der Waals surface area (Å²) in [6.45, 7) is 8.71. The second-order valence-corrected chi connectivity index (χ2v) is 5.94. The van der Waals surface area contributed by atoms with Gasteiger partial charge in [0.1, 0.15) is 0 Å². The highest BCUT2D eigenvalue weighted by molar-refractivity contribution is 5.90. The number of unbranched alkanes of at least 4 members (excludes halogenated alkanes) is 1. The van der Waals surface area contributed by atoms with Gasteiger partial charge in [0.2, 0.25) is 5.91 Å². The number of nitrogens with zero attached hydrogens (tertiary/aromatic N) is 2. The molecule has 0 spiro atoms. The SMILES string of the molecule is CCCCN(C)C(=NCc1cccc(NC(=O)CCC)c1)NCC. The van der Waals surface area contributed by atoms with E-state index < -0.39 is 0 Å². The summed E-state index contributed by atoms with van der Waals surface area (Å²) in [5.41, 5.74) is 1.93. The Hall–Kier alpha value is -2.04. The minimum absolute atomic E-state index is 0.0609. The molecule has 24 heavy (non-hydrogen) atoms. The summed E-state index contributed by atoms with van der Waals surface area (Å²) in [6, 6.07) is 7.90. The number of hydrogen-bond acceptors (Lipinski definition) is 2. The molecule has 0 unspecified atom stereocenters. The molecule has 1 rings (SSSR count). The van der Waals surface area contributed by atoms with Gasteiger partial charge in [-0.05, 0) is 37.5 Å². The fourth-order valence-corrected chi connectivity index (χ4v) is 2.34. The number of hydrogen-bond donors (Lipinski definition) is 2. The molecule has 1 amide bonds. The normalized spacial score (nSPS) is 11.2. The number of nitrogens with one attached hydrogen (secondary N) is 2. The Kier molecular flexibility index (Phi) is 9.58. The van der Waals surface area contributed by atoms with Gasteiger partial charge >= 0.3 is 0 Å². The van der Waals surface area contributed by atoms with Crippen molar-refractivity contribution in [3.63, 3.8) is 0 Å². The van der Waals surface area contributed by atoms with Crippen LogP contribution in [0, 0.1) is 0 Å². The van der Waals surface area contributed by atoms with E-state index in [2.05, 4.69) is 36.4 Å². The van der Waals surface area contributed by atoms with Crippen LogP contribution in [-0.4, -0.2) is 36.9 Å². The van der Waals surface area contributed by atoms with Gasteiger partial charge in [-0.15, -0.1) is 0 Å². The first-order valence-electron chi connectivity index (χ1n) is 8.98. The van der Waals surface area contributed by atoms with Crippen LogP contribution in [0.1, 0.15) is 52.0 Å². The third-order valence-electron chi connectivity index (χ3n) is 3.64. The van der Waals surface area contributed by atoms with E-state index >= 15 is 0 Å². The summed E-state index contributed by atoms with van der Waals surface area (Å²) < 4.78 is 0. The van der Waals surface area contributed by atoms with Crippen LogP contribution in [0.25, 0.3) is 0 Å². The monoisotopic (exact) mass is 332 g/mol. The number of anilines is 1. The lowest BCUT2D eigenvalue weighted by molar-refractivity contribution is -0.116. The van der Waals surface area contributed by atoms with E-state index in [1.807, 2.05) is 31.2 Å². The lowest BCUT2D eigenvalue weighted by atomic mass is 10.2. The molecule has 2 N–H and O–H groups in total. The van der Waals surface area contributed by atoms with Crippen molar-refractivity contribution in [1.29, 1.82) is 0 Å². The molecular weight excluding hydrogens is 300 g/mol. The van der Waals surface area contributed by atoms with E-state index in [4.69, 9.17) is 4.99 Å². The zero-order valence-corrected chi connectivity index (χ0v) is 15.6. The molecule has 0 radical (unpaired) electrons. The number of aliphatic imine (C=N–C) groups is 1. The first-order chi connectivity index (χ1) is 11.6. The van der Waals surface area contributed by atoms with Crippen LogP contribution >= 0.6 is 0 Å². The summed E-state index contributed by atoms with van der Waals surface area (Å²) >= 11 is 0. The first kappa shape index (κ1) is 20.0. The van der Waals surface area contributed by atoms with Crippen molar-refractivity contribution in [2.75, 3.05) is 25.5 Å². The van der Waals surface area contributed by atoms with Gasteiger partial charge < -0.3 is 15.5 Å². The molecule has 0 fully saturated rings. The number of guanidine groups is 1. The predicted octanol–water partition coefficient (Wildman–Crippen LogP) is 3.62. The molecule has 134 valence electrons. The van der Waals surface area contributed by atoms with Crippen LogP contribution < -0.4 is 10.6 Å². The fourth-order valence-electron chi connectivity index (χ4n) is 2.34. The van der Waals surface area contributed by atoms with Crippen LogP contribution in [0.3, 0.4) is 0 Å². The molecule has 0 atom stereocenters. The Balaban J connectivity index is 2.72. The van der Waals surface area contributed by atoms with Gasteiger partial charge in [-0.1, -0.05) is 32.4 Å². The molecule has 0 saturated carbocycles. The van der Waals surface area contributed by atoms with Crippen LogP contribution in [-0.2, 0) is 11.3 Å². The topological polar surface area (TPSA) is 56.7 Å². The third-order valence-corrected chi connectivity index (χ3v) is 3.64. The highest BCUT2D eigenvalue weighted by Crippen LogP contribution is 2.12. The summed E-state index contributed by atoms with van der Waals surface area (Å²) in [7, 11) is 2.07. The quantitative estimate of drug-likeness (QED) is 0.536. The van der Waals surface area contributed by atoms with Crippen molar-refractivity contribution in [1.82, 2.24) is 10.2 Å². The zero-order chi connectivity index (χ0) is 17.8. The smallest absolute Gasteiger partial charge is 0.224 e. The van der Waals surface area contributed by atoms with E-state index in [-0.39, 0.29) is 5.91 Å². The summed E-state index contributed by atoms with van der Waals surface area (Å²) in [6.07, 6.45) is 3.73. The predicted molar refractivity (Wildman–Crippen MR) is 102 cm³/mol. The maximum absolute atomic E-state index is 11.7. The minimum atomic E-state index is 0.0609. The molecule has 1 aromatic carbocycles. The summed E-state index contributed by atoms with van der Waals surface area (Å²) in [5.74, 6) is 0.983. The van der Waals surface area contributed by atoms with E-state index in [1.54, 1.807) is 0 Å². The van der Waals surface area contributed by atoms with Crippen LogP contribution in [0.15, 0.2) is 29.3 Å². The first-order valence-corrected chi connectivity index (χ1v) is 8.98. The number of carbonyl (C=O) groups excluding carboxylic acids is 1. The van der Waals surface area contributed by atoms with Gasteiger partial charge in [-0.2, -0.15) is 0 Å².